The van der Waals surface area contributed by atoms with Gasteiger partial charge in [-0.2, -0.15) is 5.10 Å². The number of ether oxygens (including phenoxy) is 4. The monoisotopic (exact) mass is 493 g/mol. The van der Waals surface area contributed by atoms with Crippen molar-refractivity contribution >= 4 is 23.6 Å². The highest BCUT2D eigenvalue weighted by Crippen LogP contribution is 2.35. The molecule has 0 amide bonds. The lowest BCUT2D eigenvalue weighted by Gasteiger charge is -2.21. The largest absolute Gasteiger partial charge is 0.490 e. The highest BCUT2D eigenvalue weighted by Gasteiger charge is 2.21. The van der Waals surface area contributed by atoms with Gasteiger partial charge in [0.2, 0.25) is 0 Å². The molecule has 0 spiro atoms. The van der Waals surface area contributed by atoms with E-state index in [4.69, 9.17) is 24.1 Å². The lowest BCUT2D eigenvalue weighted by molar-refractivity contribution is -0.385. The number of hydrogen-bond donors (Lipinski definition) is 2. The van der Waals surface area contributed by atoms with Gasteiger partial charge in [-0.05, 0) is 48.9 Å². The molecule has 0 aromatic heterocycles. The molecule has 1 aliphatic heterocycles. The van der Waals surface area contributed by atoms with Crippen molar-refractivity contribution in [1.29, 1.82) is 0 Å². The zero-order valence-electron chi connectivity index (χ0n) is 19.3. The van der Waals surface area contributed by atoms with Gasteiger partial charge in [0.05, 0.1) is 35.6 Å². The van der Waals surface area contributed by atoms with Gasteiger partial charge < -0.3 is 24.1 Å². The van der Waals surface area contributed by atoms with Gasteiger partial charge in [0.25, 0.3) is 5.69 Å². The van der Waals surface area contributed by atoms with Crippen LogP contribution in [0.25, 0.3) is 0 Å². The first-order valence-electron chi connectivity index (χ1n) is 11.0. The van der Waals surface area contributed by atoms with E-state index in [-0.39, 0.29) is 31.3 Å². The number of nitrogens with zero attached hydrogens (tertiary/aromatic N) is 2. The van der Waals surface area contributed by atoms with Crippen LogP contribution in [0.2, 0.25) is 0 Å². The molecule has 0 bridgehead atoms. The van der Waals surface area contributed by atoms with E-state index in [1.807, 2.05) is 6.92 Å². The number of anilines is 1. The van der Waals surface area contributed by atoms with Crippen molar-refractivity contribution in [2.45, 2.75) is 20.1 Å². The number of carboxylic acids is 1. The van der Waals surface area contributed by atoms with E-state index in [1.54, 1.807) is 36.5 Å². The van der Waals surface area contributed by atoms with Crippen molar-refractivity contribution in [3.8, 4) is 17.2 Å². The molecular weight excluding hydrogens is 470 g/mol. The van der Waals surface area contributed by atoms with Crippen molar-refractivity contribution in [2.75, 3.05) is 18.8 Å². The lowest BCUT2D eigenvalue weighted by atomic mass is 10.1. The molecule has 36 heavy (non-hydrogen) atoms. The maximum atomic E-state index is 11.3. The first-order valence-corrected chi connectivity index (χ1v) is 11.0. The average Bonchev–Trinajstić information content (AvgIpc) is 2.88. The van der Waals surface area contributed by atoms with Gasteiger partial charge in [0.1, 0.15) is 12.4 Å². The van der Waals surface area contributed by atoms with Crippen molar-refractivity contribution in [3.63, 3.8) is 0 Å². The molecule has 3 aromatic carbocycles. The summed E-state index contributed by atoms with van der Waals surface area (Å²) in [6, 6.07) is 14.4. The summed E-state index contributed by atoms with van der Waals surface area (Å²) in [5.41, 5.74) is 5.24. The number of nitrogens with one attached hydrogen (secondary N) is 1. The fraction of sp³-hybridized carbons (Fsp3) is 0.200. The number of nitro groups is 1. The summed E-state index contributed by atoms with van der Waals surface area (Å²) in [5.74, 6) is 0.415. The number of rotatable bonds is 10. The van der Waals surface area contributed by atoms with E-state index in [0.29, 0.717) is 46.2 Å². The van der Waals surface area contributed by atoms with E-state index in [0.717, 1.165) is 0 Å². The minimum Gasteiger partial charge on any atom is -0.490 e. The standard InChI is InChI=1S/C25H23N3O8/c1-2-34-23-8-16(12-26-27-20-5-3-4-17(9-20)25(29)30)6-7-22(23)35-14-19-11-21(28(31)32)10-18-13-33-15-36-24(18)19/h3-12,27H,2,13-15H2,1H3,(H,29,30)/b26-12+. The summed E-state index contributed by atoms with van der Waals surface area (Å²) in [6.45, 7) is 2.54. The summed E-state index contributed by atoms with van der Waals surface area (Å²) in [6.07, 6.45) is 1.56. The predicted molar refractivity (Wildman–Crippen MR) is 130 cm³/mol. The third kappa shape index (κ3) is 5.88. The molecule has 0 saturated carbocycles. The first kappa shape index (κ1) is 24.5. The molecule has 0 unspecified atom stereocenters. The van der Waals surface area contributed by atoms with E-state index in [1.165, 1.54) is 24.3 Å². The van der Waals surface area contributed by atoms with Crippen molar-refractivity contribution in [3.05, 3.63) is 87.0 Å². The van der Waals surface area contributed by atoms with Crippen LogP contribution in [0.3, 0.4) is 0 Å². The zero-order chi connectivity index (χ0) is 25.5. The predicted octanol–water partition coefficient (Wildman–Crippen LogP) is 4.58. The van der Waals surface area contributed by atoms with Gasteiger partial charge in [-0.1, -0.05) is 6.07 Å². The average molecular weight is 493 g/mol. The van der Waals surface area contributed by atoms with Crippen LogP contribution >= 0.6 is 0 Å². The number of non-ortho nitro benzene ring substituents is 1. The highest BCUT2D eigenvalue weighted by atomic mass is 16.7. The minimum atomic E-state index is -1.02. The van der Waals surface area contributed by atoms with Crippen LogP contribution in [0.15, 0.2) is 59.7 Å². The smallest absolute Gasteiger partial charge is 0.335 e. The Labute approximate surface area is 206 Å². The third-order valence-electron chi connectivity index (χ3n) is 5.15. The molecular formula is C25H23N3O8. The van der Waals surface area contributed by atoms with E-state index < -0.39 is 10.9 Å². The van der Waals surface area contributed by atoms with Gasteiger partial charge in [-0.25, -0.2) is 4.79 Å². The normalized spacial score (nSPS) is 12.5. The summed E-state index contributed by atoms with van der Waals surface area (Å²) < 4.78 is 22.5. The van der Waals surface area contributed by atoms with Crippen LogP contribution in [0, 0.1) is 10.1 Å². The highest BCUT2D eigenvalue weighted by molar-refractivity contribution is 5.89. The van der Waals surface area contributed by atoms with Crippen LogP contribution in [0.1, 0.15) is 34.0 Å². The van der Waals surface area contributed by atoms with Crippen molar-refractivity contribution in [2.24, 2.45) is 5.10 Å². The molecule has 11 nitrogen and oxygen atoms in total. The Morgan fingerprint density at radius 2 is 2.06 bits per heavy atom. The van der Waals surface area contributed by atoms with Gasteiger partial charge in [-0.15, -0.1) is 0 Å². The summed E-state index contributed by atoms with van der Waals surface area (Å²) >= 11 is 0. The van der Waals surface area contributed by atoms with Gasteiger partial charge >= 0.3 is 5.97 Å². The topological polar surface area (TPSA) is 142 Å². The van der Waals surface area contributed by atoms with Gasteiger partial charge in [0, 0.05) is 23.3 Å². The first-order chi connectivity index (χ1) is 17.4. The minimum absolute atomic E-state index is 0.0268. The number of carbonyl (C=O) groups is 1. The Hall–Kier alpha value is -4.64. The fourth-order valence-corrected chi connectivity index (χ4v) is 3.54. The molecule has 1 aliphatic rings. The molecule has 186 valence electrons. The van der Waals surface area contributed by atoms with Gasteiger partial charge in [0.15, 0.2) is 18.3 Å². The molecule has 2 N–H and O–H groups in total. The van der Waals surface area contributed by atoms with Crippen LogP contribution in [-0.2, 0) is 18.0 Å². The molecule has 0 saturated heterocycles. The second-order valence-electron chi connectivity index (χ2n) is 7.64. The number of carboxylic acid groups (broad SMARTS) is 1. The van der Waals surface area contributed by atoms with Crippen LogP contribution < -0.4 is 19.6 Å². The quantitative estimate of drug-likeness (QED) is 0.236. The molecule has 0 radical (unpaired) electrons. The summed E-state index contributed by atoms with van der Waals surface area (Å²) in [4.78, 5) is 22.0. The SMILES string of the molecule is CCOc1cc(/C=N/Nc2cccc(C(=O)O)c2)ccc1OCc1cc([N+](=O)[O-])cc2c1OCOC2. The van der Waals surface area contributed by atoms with Crippen molar-refractivity contribution in [1.82, 2.24) is 0 Å². The van der Waals surface area contributed by atoms with E-state index in [2.05, 4.69) is 10.5 Å². The third-order valence-corrected chi connectivity index (χ3v) is 5.15. The maximum Gasteiger partial charge on any atom is 0.335 e. The van der Waals surface area contributed by atoms with E-state index in [9.17, 15) is 14.9 Å². The maximum absolute atomic E-state index is 11.3. The molecule has 4 rings (SSSR count). The molecule has 0 atom stereocenters. The fourth-order valence-electron chi connectivity index (χ4n) is 3.54. The van der Waals surface area contributed by atoms with Crippen LogP contribution in [0.4, 0.5) is 11.4 Å². The summed E-state index contributed by atoms with van der Waals surface area (Å²) in [7, 11) is 0. The molecule has 11 heteroatoms. The molecule has 0 fully saturated rings. The van der Waals surface area contributed by atoms with Gasteiger partial charge in [-0.3, -0.25) is 15.5 Å². The van der Waals surface area contributed by atoms with Crippen molar-refractivity contribution < 1.29 is 33.8 Å². The Morgan fingerprint density at radius 3 is 2.83 bits per heavy atom. The number of nitro benzene ring substituents is 1. The number of fused-ring (bicyclic) bond motifs is 1. The number of benzene rings is 3. The molecule has 3 aromatic rings. The summed E-state index contributed by atoms with van der Waals surface area (Å²) in [5, 5.41) is 24.6. The lowest BCUT2D eigenvalue weighted by Crippen LogP contribution is -2.14. The molecule has 1 heterocycles. The Morgan fingerprint density at radius 1 is 1.19 bits per heavy atom. The zero-order valence-corrected chi connectivity index (χ0v) is 19.3. The van der Waals surface area contributed by atoms with Crippen LogP contribution in [-0.4, -0.2) is 35.6 Å². The Kier molecular flexibility index (Phi) is 7.61. The van der Waals surface area contributed by atoms with E-state index >= 15 is 0 Å². The molecule has 0 aliphatic carbocycles. The van der Waals surface area contributed by atoms with Crippen LogP contribution in [0.5, 0.6) is 17.2 Å². The number of hydrazone groups is 1. The number of aromatic carboxylic acids is 1. The Balaban J connectivity index is 1.49. The second kappa shape index (κ2) is 11.2. The second-order valence-corrected chi connectivity index (χ2v) is 7.64. The Bertz CT molecular complexity index is 1310. The number of hydrogen-bond acceptors (Lipinski definition) is 9.